The predicted molar refractivity (Wildman–Crippen MR) is 60.9 cm³/mol. The summed E-state index contributed by atoms with van der Waals surface area (Å²) >= 11 is 0. The maximum absolute atomic E-state index is 13.1. The number of ketones is 1. The normalized spacial score (nSPS) is 17.9. The van der Waals surface area contributed by atoms with Crippen LogP contribution in [0.1, 0.15) is 41.6 Å². The molecular weight excluding hydrogens is 205 g/mol. The Morgan fingerprint density at radius 1 is 1.44 bits per heavy atom. The number of Topliss-reactive ketones (excluding diaryl/α,β-unsaturated/α-hetero) is 1. The third-order valence-corrected chi connectivity index (χ3v) is 3.23. The molecule has 0 amide bonds. The van der Waals surface area contributed by atoms with Crippen molar-refractivity contribution in [1.29, 1.82) is 0 Å². The van der Waals surface area contributed by atoms with Crippen LogP contribution in [0.15, 0.2) is 18.2 Å². The molecule has 2 nitrogen and oxygen atoms in total. The summed E-state index contributed by atoms with van der Waals surface area (Å²) in [5, 5.41) is 0. The third kappa shape index (κ3) is 2.30. The molecule has 1 saturated carbocycles. The molecule has 2 rings (SSSR count). The van der Waals surface area contributed by atoms with Crippen molar-refractivity contribution in [3.63, 3.8) is 0 Å². The number of halogens is 1. The molecule has 1 aliphatic carbocycles. The van der Waals surface area contributed by atoms with Crippen LogP contribution in [-0.2, 0) is 0 Å². The molecule has 1 aliphatic rings. The van der Waals surface area contributed by atoms with E-state index < -0.39 is 0 Å². The molecule has 0 aromatic heterocycles. The molecule has 0 spiro atoms. The van der Waals surface area contributed by atoms with E-state index in [-0.39, 0.29) is 17.1 Å². The summed E-state index contributed by atoms with van der Waals surface area (Å²) in [5.41, 5.74) is 6.87. The highest BCUT2D eigenvalue weighted by Crippen LogP contribution is 2.33. The van der Waals surface area contributed by atoms with E-state index >= 15 is 0 Å². The van der Waals surface area contributed by atoms with Crippen molar-refractivity contribution >= 4 is 5.78 Å². The number of hydrogen-bond donors (Lipinski definition) is 1. The lowest BCUT2D eigenvalue weighted by atomic mass is 9.74. The minimum absolute atomic E-state index is 0.0511. The zero-order chi connectivity index (χ0) is 11.8. The van der Waals surface area contributed by atoms with E-state index in [1.54, 1.807) is 13.0 Å². The molecule has 86 valence electrons. The van der Waals surface area contributed by atoms with Crippen molar-refractivity contribution in [2.45, 2.75) is 38.1 Å². The number of carbonyl (C=O) groups excluding carboxylic acids is 1. The summed E-state index contributed by atoms with van der Waals surface area (Å²) < 4.78 is 13.1. The Balaban J connectivity index is 2.14. The van der Waals surface area contributed by atoms with Gasteiger partial charge in [-0.1, -0.05) is 0 Å². The fraction of sp³-hybridized carbons (Fsp3) is 0.462. The fourth-order valence-corrected chi connectivity index (χ4v) is 2.13. The lowest BCUT2D eigenvalue weighted by molar-refractivity contribution is 0.0911. The zero-order valence-corrected chi connectivity index (χ0v) is 9.42. The number of hydrogen-bond acceptors (Lipinski definition) is 2. The molecule has 3 heteroatoms. The molecule has 0 aliphatic heterocycles. The average Bonchev–Trinajstić information content (AvgIpc) is 2.13. The topological polar surface area (TPSA) is 43.1 Å². The monoisotopic (exact) mass is 221 g/mol. The van der Waals surface area contributed by atoms with Crippen molar-refractivity contribution in [3.05, 3.63) is 35.1 Å². The van der Waals surface area contributed by atoms with E-state index in [9.17, 15) is 9.18 Å². The van der Waals surface area contributed by atoms with Gasteiger partial charge in [0.25, 0.3) is 0 Å². The Morgan fingerprint density at radius 2 is 2.12 bits per heavy atom. The summed E-state index contributed by atoms with van der Waals surface area (Å²) in [6.07, 6.45) is 3.21. The smallest absolute Gasteiger partial charge is 0.164 e. The van der Waals surface area contributed by atoms with Crippen LogP contribution in [0, 0.1) is 12.7 Å². The van der Waals surface area contributed by atoms with Crippen LogP contribution < -0.4 is 5.73 Å². The minimum Gasteiger partial charge on any atom is -0.325 e. The van der Waals surface area contributed by atoms with Crippen LogP contribution in [0.5, 0.6) is 0 Å². The molecule has 0 saturated heterocycles. The van der Waals surface area contributed by atoms with Gasteiger partial charge in [0.15, 0.2) is 5.78 Å². The van der Waals surface area contributed by atoms with E-state index in [4.69, 9.17) is 5.73 Å². The zero-order valence-electron chi connectivity index (χ0n) is 9.42. The van der Waals surface area contributed by atoms with Gasteiger partial charge in [-0.15, -0.1) is 0 Å². The second kappa shape index (κ2) is 3.98. The van der Waals surface area contributed by atoms with Crippen LogP contribution >= 0.6 is 0 Å². The fourth-order valence-electron chi connectivity index (χ4n) is 2.13. The van der Waals surface area contributed by atoms with Gasteiger partial charge in [-0.3, -0.25) is 4.79 Å². The molecule has 0 bridgehead atoms. The lowest BCUT2D eigenvalue weighted by Gasteiger charge is -2.37. The minimum atomic E-state index is -0.358. The average molecular weight is 221 g/mol. The molecule has 0 heterocycles. The number of nitrogens with two attached hydrogens (primary N) is 1. The molecule has 1 fully saturated rings. The maximum Gasteiger partial charge on any atom is 0.164 e. The van der Waals surface area contributed by atoms with Gasteiger partial charge in [0.1, 0.15) is 5.82 Å². The van der Waals surface area contributed by atoms with E-state index in [0.29, 0.717) is 12.0 Å². The Bertz CT molecular complexity index is 404. The summed E-state index contributed by atoms with van der Waals surface area (Å²) in [5.74, 6) is -0.409. The molecule has 0 atom stereocenters. The van der Waals surface area contributed by atoms with E-state index in [1.165, 1.54) is 12.1 Å². The highest BCUT2D eigenvalue weighted by Gasteiger charge is 2.34. The van der Waals surface area contributed by atoms with Crippen LogP contribution in [0.25, 0.3) is 0 Å². The Morgan fingerprint density at radius 3 is 2.62 bits per heavy atom. The van der Waals surface area contributed by atoms with Gasteiger partial charge < -0.3 is 5.73 Å². The maximum atomic E-state index is 13.1. The van der Waals surface area contributed by atoms with Crippen molar-refractivity contribution < 1.29 is 9.18 Å². The van der Waals surface area contributed by atoms with Crippen molar-refractivity contribution in [3.8, 4) is 0 Å². The quantitative estimate of drug-likeness (QED) is 0.797. The molecular formula is C13H16FNO. The first kappa shape index (κ1) is 11.3. The predicted octanol–water partition coefficient (Wildman–Crippen LogP) is 2.59. The van der Waals surface area contributed by atoms with Crippen LogP contribution in [0.3, 0.4) is 0 Å². The first-order chi connectivity index (χ1) is 7.48. The molecule has 1 aromatic rings. The van der Waals surface area contributed by atoms with Gasteiger partial charge in [0.2, 0.25) is 0 Å². The van der Waals surface area contributed by atoms with E-state index in [1.807, 2.05) is 0 Å². The summed E-state index contributed by atoms with van der Waals surface area (Å²) in [6.45, 7) is 1.78. The van der Waals surface area contributed by atoms with Gasteiger partial charge in [0, 0.05) is 17.5 Å². The van der Waals surface area contributed by atoms with Crippen molar-refractivity contribution in [2.24, 2.45) is 5.73 Å². The highest BCUT2D eigenvalue weighted by atomic mass is 19.1. The first-order valence-corrected chi connectivity index (χ1v) is 5.58. The Kier molecular flexibility index (Phi) is 2.80. The number of carbonyl (C=O) groups is 1. The summed E-state index contributed by atoms with van der Waals surface area (Å²) in [4.78, 5) is 11.9. The number of benzene rings is 1. The van der Waals surface area contributed by atoms with Gasteiger partial charge in [-0.05, 0) is 49.9 Å². The number of rotatable bonds is 3. The third-order valence-electron chi connectivity index (χ3n) is 3.23. The summed E-state index contributed by atoms with van der Waals surface area (Å²) in [6, 6.07) is 4.42. The number of aryl methyl sites for hydroxylation is 1. The molecule has 1 aromatic carbocycles. The second-order valence-electron chi connectivity index (χ2n) is 4.83. The van der Waals surface area contributed by atoms with Gasteiger partial charge in [-0.25, -0.2) is 4.39 Å². The highest BCUT2D eigenvalue weighted by molar-refractivity contribution is 5.97. The van der Waals surface area contributed by atoms with Gasteiger partial charge in [-0.2, -0.15) is 0 Å². The Labute approximate surface area is 94.6 Å². The first-order valence-electron chi connectivity index (χ1n) is 5.58. The van der Waals surface area contributed by atoms with Crippen molar-refractivity contribution in [1.82, 2.24) is 0 Å². The molecule has 0 radical (unpaired) electrons. The van der Waals surface area contributed by atoms with Crippen LogP contribution in [0.2, 0.25) is 0 Å². The molecule has 16 heavy (non-hydrogen) atoms. The largest absolute Gasteiger partial charge is 0.325 e. The van der Waals surface area contributed by atoms with Crippen LogP contribution in [0.4, 0.5) is 4.39 Å². The van der Waals surface area contributed by atoms with Crippen molar-refractivity contribution in [2.75, 3.05) is 0 Å². The standard InChI is InChI=1S/C13H16FNO/c1-9-5-10(7-11(14)6-9)12(16)8-13(15)3-2-4-13/h5-7H,2-4,8,15H2,1H3. The summed E-state index contributed by atoms with van der Waals surface area (Å²) in [7, 11) is 0. The Hall–Kier alpha value is -1.22. The van der Waals surface area contributed by atoms with E-state index in [2.05, 4.69) is 0 Å². The molecule has 2 N–H and O–H groups in total. The van der Waals surface area contributed by atoms with Gasteiger partial charge in [0.05, 0.1) is 0 Å². The van der Waals surface area contributed by atoms with E-state index in [0.717, 1.165) is 24.8 Å². The van der Waals surface area contributed by atoms with Gasteiger partial charge >= 0.3 is 0 Å². The second-order valence-corrected chi connectivity index (χ2v) is 4.83. The van der Waals surface area contributed by atoms with Crippen LogP contribution in [-0.4, -0.2) is 11.3 Å². The molecule has 0 unspecified atom stereocenters. The lowest BCUT2D eigenvalue weighted by Crippen LogP contribution is -2.48. The SMILES string of the molecule is Cc1cc(F)cc(C(=O)CC2(N)CCC2)c1.